The highest BCUT2D eigenvalue weighted by Gasteiger charge is 2.09. The van der Waals surface area contributed by atoms with Crippen LogP contribution in [-0.2, 0) is 0 Å². The molecule has 1 N–H and O–H groups in total. The second-order valence-electron chi connectivity index (χ2n) is 3.70. The average molecular weight is 333 g/mol. The molecule has 2 aromatic rings. The molecule has 0 unspecified atom stereocenters. The first-order valence-electron chi connectivity index (χ1n) is 5.31. The zero-order valence-electron chi connectivity index (χ0n) is 9.61. The summed E-state index contributed by atoms with van der Waals surface area (Å²) in [5, 5.41) is 21.8. The molecule has 0 saturated heterocycles. The molecule has 0 aliphatic rings. The van der Waals surface area contributed by atoms with Crippen molar-refractivity contribution in [3.05, 3.63) is 57.0 Å². The average Bonchev–Trinajstić information content (AvgIpc) is 2.39. The van der Waals surface area contributed by atoms with E-state index in [1.807, 2.05) is 6.07 Å². The highest BCUT2D eigenvalue weighted by molar-refractivity contribution is 9.10. The minimum atomic E-state index is 0.466. The number of rotatable bonds is 2. The van der Waals surface area contributed by atoms with Gasteiger partial charge in [0.2, 0.25) is 0 Å². The van der Waals surface area contributed by atoms with Crippen molar-refractivity contribution in [3.63, 3.8) is 0 Å². The molecule has 0 bridgehead atoms. The van der Waals surface area contributed by atoms with E-state index in [9.17, 15) is 0 Å². The van der Waals surface area contributed by atoms with Crippen LogP contribution in [0.25, 0.3) is 0 Å². The molecule has 5 heteroatoms. The fraction of sp³-hybridized carbons (Fsp3) is 0. The first kappa shape index (κ1) is 13.4. The topological polar surface area (TPSA) is 59.6 Å². The Morgan fingerprint density at radius 2 is 1.84 bits per heavy atom. The van der Waals surface area contributed by atoms with Crippen LogP contribution in [0.4, 0.5) is 11.4 Å². The van der Waals surface area contributed by atoms with Gasteiger partial charge in [-0.15, -0.1) is 0 Å². The molecule has 19 heavy (non-hydrogen) atoms. The summed E-state index contributed by atoms with van der Waals surface area (Å²) in [6.07, 6.45) is 0. The Morgan fingerprint density at radius 3 is 2.53 bits per heavy atom. The standard InChI is InChI=1S/C14H7BrClN3/c15-12-2-1-3-13(11(12)8-18)19-14-6-10(16)5-4-9(14)7-17/h1-6,19H. The van der Waals surface area contributed by atoms with Crippen LogP contribution in [-0.4, -0.2) is 0 Å². The zero-order valence-corrected chi connectivity index (χ0v) is 12.0. The Kier molecular flexibility index (Phi) is 4.06. The Labute approximate surface area is 124 Å². The Bertz CT molecular complexity index is 714. The molecule has 2 rings (SSSR count). The Balaban J connectivity index is 2.49. The van der Waals surface area contributed by atoms with Crippen molar-refractivity contribution in [1.82, 2.24) is 0 Å². The molecule has 0 aliphatic carbocycles. The summed E-state index contributed by atoms with van der Waals surface area (Å²) in [4.78, 5) is 0. The van der Waals surface area contributed by atoms with Gasteiger partial charge in [0.05, 0.1) is 22.5 Å². The number of anilines is 2. The Morgan fingerprint density at radius 1 is 1.05 bits per heavy atom. The fourth-order valence-electron chi connectivity index (χ4n) is 1.60. The molecule has 0 amide bonds. The lowest BCUT2D eigenvalue weighted by Gasteiger charge is -2.11. The quantitative estimate of drug-likeness (QED) is 0.875. The van der Waals surface area contributed by atoms with Crippen molar-refractivity contribution >= 4 is 38.9 Å². The third kappa shape index (κ3) is 2.88. The van der Waals surface area contributed by atoms with Crippen LogP contribution in [0.3, 0.4) is 0 Å². The molecule has 0 radical (unpaired) electrons. The maximum absolute atomic E-state index is 9.15. The first-order chi connectivity index (χ1) is 9.15. The number of nitrogens with one attached hydrogen (secondary N) is 1. The van der Waals surface area contributed by atoms with Gasteiger partial charge in [0, 0.05) is 9.50 Å². The van der Waals surface area contributed by atoms with Crippen molar-refractivity contribution in [3.8, 4) is 12.1 Å². The van der Waals surface area contributed by atoms with E-state index < -0.39 is 0 Å². The van der Waals surface area contributed by atoms with Crippen LogP contribution in [0.2, 0.25) is 5.02 Å². The van der Waals surface area contributed by atoms with Gasteiger partial charge in [-0.3, -0.25) is 0 Å². The third-order valence-corrected chi connectivity index (χ3v) is 3.39. The molecule has 0 atom stereocenters. The maximum atomic E-state index is 9.15. The molecule has 0 aliphatic heterocycles. The largest absolute Gasteiger partial charge is 0.353 e. The molecule has 92 valence electrons. The molecule has 0 aromatic heterocycles. The second kappa shape index (κ2) is 5.75. The fourth-order valence-corrected chi connectivity index (χ4v) is 2.23. The first-order valence-corrected chi connectivity index (χ1v) is 6.48. The smallest absolute Gasteiger partial charge is 0.103 e. The highest BCUT2D eigenvalue weighted by Crippen LogP contribution is 2.29. The molecule has 3 nitrogen and oxygen atoms in total. The van der Waals surface area contributed by atoms with Crippen molar-refractivity contribution in [2.75, 3.05) is 5.32 Å². The van der Waals surface area contributed by atoms with E-state index in [1.54, 1.807) is 30.3 Å². The summed E-state index contributed by atoms with van der Waals surface area (Å²) in [6, 6.07) is 14.5. The van der Waals surface area contributed by atoms with Gasteiger partial charge in [0.15, 0.2) is 0 Å². The molecular weight excluding hydrogens is 326 g/mol. The predicted molar refractivity (Wildman–Crippen MR) is 78.3 cm³/mol. The molecule has 0 saturated carbocycles. The van der Waals surface area contributed by atoms with Crippen LogP contribution in [0.1, 0.15) is 11.1 Å². The van der Waals surface area contributed by atoms with Gasteiger partial charge in [-0.2, -0.15) is 10.5 Å². The lowest BCUT2D eigenvalue weighted by atomic mass is 10.1. The van der Waals surface area contributed by atoms with E-state index in [2.05, 4.69) is 33.4 Å². The minimum Gasteiger partial charge on any atom is -0.353 e. The van der Waals surface area contributed by atoms with Gasteiger partial charge < -0.3 is 5.32 Å². The van der Waals surface area contributed by atoms with Crippen molar-refractivity contribution in [2.45, 2.75) is 0 Å². The van der Waals surface area contributed by atoms with E-state index in [-0.39, 0.29) is 0 Å². The van der Waals surface area contributed by atoms with Crippen molar-refractivity contribution in [1.29, 1.82) is 10.5 Å². The minimum absolute atomic E-state index is 0.466. The number of nitrogens with zero attached hydrogens (tertiary/aromatic N) is 2. The van der Waals surface area contributed by atoms with E-state index >= 15 is 0 Å². The number of benzene rings is 2. The monoisotopic (exact) mass is 331 g/mol. The number of halogens is 2. The highest BCUT2D eigenvalue weighted by atomic mass is 79.9. The van der Waals surface area contributed by atoms with Crippen LogP contribution >= 0.6 is 27.5 Å². The summed E-state index contributed by atoms with van der Waals surface area (Å²) in [6.45, 7) is 0. The van der Waals surface area contributed by atoms with Gasteiger partial charge in [0.25, 0.3) is 0 Å². The number of hydrogen-bond donors (Lipinski definition) is 1. The Hall–Kier alpha value is -2.01. The van der Waals surface area contributed by atoms with Crippen molar-refractivity contribution in [2.24, 2.45) is 0 Å². The molecule has 0 fully saturated rings. The summed E-state index contributed by atoms with van der Waals surface area (Å²) < 4.78 is 0.695. The summed E-state index contributed by atoms with van der Waals surface area (Å²) in [5.74, 6) is 0. The maximum Gasteiger partial charge on any atom is 0.103 e. The van der Waals surface area contributed by atoms with E-state index in [0.29, 0.717) is 32.0 Å². The number of nitriles is 2. The number of hydrogen-bond acceptors (Lipinski definition) is 3. The molecular formula is C14H7BrClN3. The second-order valence-corrected chi connectivity index (χ2v) is 4.99. The van der Waals surface area contributed by atoms with Gasteiger partial charge in [-0.1, -0.05) is 17.7 Å². The predicted octanol–water partition coefficient (Wildman–Crippen LogP) is 4.59. The van der Waals surface area contributed by atoms with Gasteiger partial charge in [-0.05, 0) is 46.3 Å². The van der Waals surface area contributed by atoms with E-state index in [0.717, 1.165) is 0 Å². The lowest BCUT2D eigenvalue weighted by molar-refractivity contribution is 1.43. The SMILES string of the molecule is N#Cc1ccc(Cl)cc1Nc1cccc(Br)c1C#N. The van der Waals surface area contributed by atoms with Crippen LogP contribution < -0.4 is 5.32 Å². The van der Waals surface area contributed by atoms with Crippen LogP contribution in [0.15, 0.2) is 40.9 Å². The summed E-state index contributed by atoms with van der Waals surface area (Å²) in [7, 11) is 0. The van der Waals surface area contributed by atoms with Crippen molar-refractivity contribution < 1.29 is 0 Å². The lowest BCUT2D eigenvalue weighted by Crippen LogP contribution is -1.96. The van der Waals surface area contributed by atoms with E-state index in [1.165, 1.54) is 0 Å². The summed E-state index contributed by atoms with van der Waals surface area (Å²) in [5.41, 5.74) is 2.14. The van der Waals surface area contributed by atoms with Crippen LogP contribution in [0, 0.1) is 22.7 Å². The van der Waals surface area contributed by atoms with Crippen LogP contribution in [0.5, 0.6) is 0 Å². The summed E-state index contributed by atoms with van der Waals surface area (Å²) >= 11 is 9.24. The van der Waals surface area contributed by atoms with Gasteiger partial charge >= 0.3 is 0 Å². The van der Waals surface area contributed by atoms with E-state index in [4.69, 9.17) is 22.1 Å². The third-order valence-electron chi connectivity index (χ3n) is 2.50. The normalized spacial score (nSPS) is 9.47. The zero-order chi connectivity index (χ0) is 13.8. The molecule has 0 heterocycles. The molecule has 2 aromatic carbocycles. The van der Waals surface area contributed by atoms with Gasteiger partial charge in [-0.25, -0.2) is 0 Å². The van der Waals surface area contributed by atoms with Gasteiger partial charge in [0.1, 0.15) is 12.1 Å². The molecule has 0 spiro atoms.